The summed E-state index contributed by atoms with van der Waals surface area (Å²) in [4.78, 5) is 39.7. The van der Waals surface area contributed by atoms with E-state index in [1.54, 1.807) is 6.07 Å². The molecule has 0 bridgehead atoms. The molecule has 196 valence electrons. The van der Waals surface area contributed by atoms with Gasteiger partial charge in [0.15, 0.2) is 11.5 Å². The molecule has 1 N–H and O–H groups in total. The molecule has 2 fully saturated rings. The summed E-state index contributed by atoms with van der Waals surface area (Å²) in [6.45, 7) is 4.15. The fraction of sp³-hybridized carbons (Fsp3) is 0.385. The summed E-state index contributed by atoms with van der Waals surface area (Å²) in [6, 6.07) is 9.13. The van der Waals surface area contributed by atoms with Crippen molar-refractivity contribution in [1.82, 2.24) is 4.90 Å². The van der Waals surface area contributed by atoms with Crippen LogP contribution in [0.5, 0.6) is 11.5 Å². The Labute approximate surface area is 214 Å². The fourth-order valence-corrected chi connectivity index (χ4v) is 4.77. The molecule has 0 aromatic heterocycles. The first-order valence-electron chi connectivity index (χ1n) is 12.0. The Kier molecular flexibility index (Phi) is 8.04. The molecule has 1 atom stereocenters. The molecule has 0 aliphatic carbocycles. The number of carbonyl (C=O) groups is 2. The maximum atomic E-state index is 13.6. The van der Waals surface area contributed by atoms with Crippen molar-refractivity contribution in [3.8, 4) is 11.5 Å². The van der Waals surface area contributed by atoms with Gasteiger partial charge < -0.3 is 29.1 Å². The predicted octanol–water partition coefficient (Wildman–Crippen LogP) is 0.141. The lowest BCUT2D eigenvalue weighted by Gasteiger charge is -2.29. The summed E-state index contributed by atoms with van der Waals surface area (Å²) in [6.07, 6.45) is 0.621. The maximum Gasteiger partial charge on any atom is 0.295 e. The van der Waals surface area contributed by atoms with Gasteiger partial charge in [-0.3, -0.25) is 19.7 Å². The second-order valence-corrected chi connectivity index (χ2v) is 8.86. The van der Waals surface area contributed by atoms with Gasteiger partial charge in [0.25, 0.3) is 11.6 Å². The van der Waals surface area contributed by atoms with Gasteiger partial charge in [0.2, 0.25) is 5.78 Å². The molecule has 1 amide bonds. The first-order valence-corrected chi connectivity index (χ1v) is 12.0. The Morgan fingerprint density at radius 3 is 2.38 bits per heavy atom. The van der Waals surface area contributed by atoms with Crippen molar-refractivity contribution in [1.29, 1.82) is 0 Å². The number of methoxy groups -OCH3 is 2. The van der Waals surface area contributed by atoms with E-state index in [1.165, 1.54) is 60.4 Å². The minimum absolute atomic E-state index is 0.130. The fourth-order valence-electron chi connectivity index (χ4n) is 4.77. The number of rotatable bonds is 9. The van der Waals surface area contributed by atoms with E-state index in [0.29, 0.717) is 36.7 Å². The molecule has 2 aromatic rings. The van der Waals surface area contributed by atoms with Crippen LogP contribution in [0, 0.1) is 10.1 Å². The lowest BCUT2D eigenvalue weighted by atomic mass is 9.95. The van der Waals surface area contributed by atoms with Crippen LogP contribution in [-0.2, 0) is 14.3 Å². The van der Waals surface area contributed by atoms with Crippen LogP contribution in [0.2, 0.25) is 0 Å². The van der Waals surface area contributed by atoms with Crippen LogP contribution in [-0.4, -0.2) is 75.1 Å². The Hall–Kier alpha value is -3.96. The van der Waals surface area contributed by atoms with Crippen LogP contribution in [0.15, 0.2) is 48.0 Å². The van der Waals surface area contributed by atoms with Crippen LogP contribution >= 0.6 is 0 Å². The van der Waals surface area contributed by atoms with Crippen LogP contribution in [0.4, 0.5) is 5.69 Å². The number of nitro benzene ring substituents is 1. The van der Waals surface area contributed by atoms with E-state index in [9.17, 15) is 24.8 Å². The van der Waals surface area contributed by atoms with Gasteiger partial charge in [-0.1, -0.05) is 11.8 Å². The molecule has 0 spiro atoms. The van der Waals surface area contributed by atoms with E-state index in [2.05, 4.69) is 0 Å². The van der Waals surface area contributed by atoms with Crippen molar-refractivity contribution < 1.29 is 38.7 Å². The highest BCUT2D eigenvalue weighted by molar-refractivity contribution is 6.46. The first kappa shape index (κ1) is 26.1. The number of benzene rings is 2. The second-order valence-electron chi connectivity index (χ2n) is 8.86. The van der Waals surface area contributed by atoms with E-state index in [-0.39, 0.29) is 23.4 Å². The second kappa shape index (κ2) is 11.4. The quantitative estimate of drug-likeness (QED) is 0.165. The first-order chi connectivity index (χ1) is 17.8. The third-order valence-corrected chi connectivity index (χ3v) is 6.72. The molecule has 2 saturated heterocycles. The average molecular weight is 512 g/mol. The van der Waals surface area contributed by atoms with Gasteiger partial charge >= 0.3 is 0 Å². The molecular formula is C26H29N3O8. The third-order valence-electron chi connectivity index (χ3n) is 6.72. The summed E-state index contributed by atoms with van der Waals surface area (Å²) in [5.74, 6) is -1.52. The normalized spacial score (nSPS) is 19.7. The number of quaternary nitrogens is 1. The van der Waals surface area contributed by atoms with E-state index in [4.69, 9.17) is 14.2 Å². The molecule has 1 unspecified atom stereocenters. The van der Waals surface area contributed by atoms with Crippen LogP contribution < -0.4 is 19.5 Å². The molecule has 37 heavy (non-hydrogen) atoms. The molecule has 0 radical (unpaired) electrons. The van der Waals surface area contributed by atoms with Crippen LogP contribution in [0.25, 0.3) is 5.76 Å². The summed E-state index contributed by atoms with van der Waals surface area (Å²) in [7, 11) is 2.90. The highest BCUT2D eigenvalue weighted by Gasteiger charge is 2.44. The lowest BCUT2D eigenvalue weighted by Crippen LogP contribution is -3.14. The molecular weight excluding hydrogens is 482 g/mol. The lowest BCUT2D eigenvalue weighted by molar-refractivity contribution is -0.908. The Bertz CT molecular complexity index is 1200. The van der Waals surface area contributed by atoms with Gasteiger partial charge in [-0.05, 0) is 35.4 Å². The number of Topliss-reactive ketones (excluding diaryl/α,β-unsaturated/α-hetero) is 1. The molecule has 11 heteroatoms. The third kappa shape index (κ3) is 5.42. The van der Waals surface area contributed by atoms with Crippen molar-refractivity contribution in [3.05, 3.63) is 69.3 Å². The molecule has 4 rings (SSSR count). The summed E-state index contributed by atoms with van der Waals surface area (Å²) >= 11 is 0. The number of carbonyl (C=O) groups excluding carboxylic acids is 2. The zero-order valence-electron chi connectivity index (χ0n) is 20.7. The van der Waals surface area contributed by atoms with E-state index < -0.39 is 28.4 Å². The number of non-ortho nitro benzene ring substituents is 1. The van der Waals surface area contributed by atoms with Gasteiger partial charge in [0.05, 0.1) is 44.9 Å². The largest absolute Gasteiger partial charge is 0.872 e. The minimum atomic E-state index is -0.957. The van der Waals surface area contributed by atoms with Gasteiger partial charge in [-0.25, -0.2) is 0 Å². The van der Waals surface area contributed by atoms with Crippen LogP contribution in [0.3, 0.4) is 0 Å². The average Bonchev–Trinajstić information content (AvgIpc) is 3.18. The molecule has 0 saturated carbocycles. The number of ketones is 1. The van der Waals surface area contributed by atoms with Crippen molar-refractivity contribution in [2.24, 2.45) is 0 Å². The number of nitrogens with one attached hydrogen (secondary N) is 1. The molecule has 2 aliphatic heterocycles. The number of hydrogen-bond acceptors (Lipinski definition) is 8. The maximum absolute atomic E-state index is 13.6. The van der Waals surface area contributed by atoms with Crippen molar-refractivity contribution in [2.75, 3.05) is 53.6 Å². The van der Waals surface area contributed by atoms with Gasteiger partial charge in [0.1, 0.15) is 13.1 Å². The van der Waals surface area contributed by atoms with Crippen molar-refractivity contribution >= 4 is 23.1 Å². The molecule has 11 nitrogen and oxygen atoms in total. The molecule has 2 aliphatic rings. The minimum Gasteiger partial charge on any atom is -0.872 e. The van der Waals surface area contributed by atoms with Gasteiger partial charge in [0, 0.05) is 30.7 Å². The van der Waals surface area contributed by atoms with E-state index >= 15 is 0 Å². The zero-order chi connectivity index (χ0) is 26.5. The van der Waals surface area contributed by atoms with Crippen molar-refractivity contribution in [2.45, 2.75) is 12.5 Å². The summed E-state index contributed by atoms with van der Waals surface area (Å²) in [5.41, 5.74) is 0.298. The topological polar surface area (TPSA) is 136 Å². The smallest absolute Gasteiger partial charge is 0.295 e. The molecule has 2 heterocycles. The standard InChI is InChI=1S/C26H29N3O8/c1-35-20-9-6-18(16-21(20)36-2)24(30)22-23(17-4-7-19(8-5-17)29(33)34)28(26(32)25(22)31)11-3-10-27-12-14-37-15-13-27/h4-9,16,23,30H,3,10-15H2,1-2H3. The highest BCUT2D eigenvalue weighted by atomic mass is 16.6. The van der Waals surface area contributed by atoms with Crippen LogP contribution in [0.1, 0.15) is 23.6 Å². The number of morpholine rings is 1. The van der Waals surface area contributed by atoms with Gasteiger partial charge in [-0.2, -0.15) is 0 Å². The number of amides is 1. The van der Waals surface area contributed by atoms with Gasteiger partial charge in [-0.15, -0.1) is 0 Å². The predicted molar refractivity (Wildman–Crippen MR) is 130 cm³/mol. The van der Waals surface area contributed by atoms with E-state index in [1.807, 2.05) is 0 Å². The Morgan fingerprint density at radius 1 is 1.08 bits per heavy atom. The summed E-state index contributed by atoms with van der Waals surface area (Å²) < 4.78 is 15.9. The molecule has 2 aromatic carbocycles. The van der Waals surface area contributed by atoms with Crippen molar-refractivity contribution in [3.63, 3.8) is 0 Å². The number of nitrogens with zero attached hydrogens (tertiary/aromatic N) is 2. The monoisotopic (exact) mass is 511 g/mol. The Balaban J connectivity index is 1.72. The SMILES string of the molecule is COc1ccc(C([O-])=C2C(=O)C(=O)N(CCC[NH+]3CCOCC3)C2c2ccc([N+](=O)[O-])cc2)cc1OC. The highest BCUT2D eigenvalue weighted by Crippen LogP contribution is 2.40. The number of ether oxygens (including phenoxy) is 3. The number of hydrogen-bond donors (Lipinski definition) is 1. The number of likely N-dealkylation sites (tertiary alicyclic amines) is 1. The number of nitro groups is 1. The Morgan fingerprint density at radius 2 is 1.76 bits per heavy atom. The van der Waals surface area contributed by atoms with E-state index in [0.717, 1.165) is 19.6 Å². The summed E-state index contributed by atoms with van der Waals surface area (Å²) in [5, 5.41) is 24.8. The zero-order valence-corrected chi connectivity index (χ0v) is 20.7.